The van der Waals surface area contributed by atoms with Crippen molar-refractivity contribution >= 4 is 11.6 Å². The predicted molar refractivity (Wildman–Crippen MR) is 134 cm³/mol. The first kappa shape index (κ1) is 25.0. The molecule has 0 saturated carbocycles. The maximum Gasteiger partial charge on any atom is 0.170 e. The second kappa shape index (κ2) is 10.3. The van der Waals surface area contributed by atoms with Crippen LogP contribution in [0.25, 0.3) is 0 Å². The fourth-order valence-corrected chi connectivity index (χ4v) is 4.35. The predicted octanol–water partition coefficient (Wildman–Crippen LogP) is 6.48. The molecule has 0 amide bonds. The summed E-state index contributed by atoms with van der Waals surface area (Å²) in [7, 11) is 0. The maximum absolute atomic E-state index is 12.9. The first-order chi connectivity index (χ1) is 18.3. The third kappa shape index (κ3) is 5.34. The monoisotopic (exact) mass is 516 g/mol. The molecule has 0 saturated heterocycles. The summed E-state index contributed by atoms with van der Waals surface area (Å²) in [6, 6.07) is 20.7. The summed E-state index contributed by atoms with van der Waals surface area (Å²) in [5.74, 6) is 0.143. The zero-order valence-electron chi connectivity index (χ0n) is 19.9. The van der Waals surface area contributed by atoms with Crippen molar-refractivity contribution in [2.24, 2.45) is 0 Å². The molecule has 0 spiro atoms. The Morgan fingerprint density at radius 3 is 1.32 bits per heavy atom. The number of ketones is 2. The number of phenols is 2. The number of carbonyl (C=O) groups is 2. The lowest BCUT2D eigenvalue weighted by Crippen LogP contribution is -2.20. The Labute approximate surface area is 216 Å². The van der Waals surface area contributed by atoms with Crippen LogP contribution in [0.4, 0.5) is 8.78 Å². The Kier molecular flexibility index (Phi) is 6.79. The van der Waals surface area contributed by atoms with Crippen LogP contribution in [0, 0.1) is 11.6 Å². The van der Waals surface area contributed by atoms with E-state index in [2.05, 4.69) is 0 Å². The smallest absolute Gasteiger partial charge is 0.170 e. The van der Waals surface area contributed by atoms with Gasteiger partial charge in [-0.1, -0.05) is 24.3 Å². The molecule has 0 fully saturated rings. The molecule has 0 bridgehead atoms. The van der Waals surface area contributed by atoms with Crippen LogP contribution < -0.4 is 9.47 Å². The number of aromatic hydroxyl groups is 2. The van der Waals surface area contributed by atoms with Crippen LogP contribution in [0.2, 0.25) is 0 Å². The summed E-state index contributed by atoms with van der Waals surface area (Å²) in [5, 5.41) is 18.7. The minimum Gasteiger partial charge on any atom is -0.508 e. The van der Waals surface area contributed by atoms with Crippen LogP contribution in [-0.2, 0) is 0 Å². The van der Waals surface area contributed by atoms with Gasteiger partial charge in [-0.25, -0.2) is 8.78 Å². The van der Waals surface area contributed by atoms with E-state index in [1.807, 2.05) is 0 Å². The van der Waals surface area contributed by atoms with E-state index in [9.17, 15) is 28.6 Å². The van der Waals surface area contributed by atoms with E-state index in [0.717, 1.165) is 11.1 Å². The van der Waals surface area contributed by atoms with E-state index < -0.39 is 12.2 Å². The number of Topliss-reactive ketones (excluding diaryl/α,β-unsaturated/α-hetero) is 2. The van der Waals surface area contributed by atoms with Crippen LogP contribution in [0.5, 0.6) is 23.0 Å². The Hall–Kier alpha value is -4.72. The molecular weight excluding hydrogens is 494 g/mol. The minimum atomic E-state index is -0.412. The van der Waals surface area contributed by atoms with Gasteiger partial charge in [0.05, 0.1) is 24.0 Å². The van der Waals surface area contributed by atoms with Gasteiger partial charge in [-0.2, -0.15) is 0 Å². The summed E-state index contributed by atoms with van der Waals surface area (Å²) in [5.41, 5.74) is 2.29. The molecule has 2 aliphatic rings. The molecule has 6 rings (SSSR count). The SMILES string of the molecule is O=C1CC(c2ccc(F)cc2)Oc2ccc(O)cc21.O=C1CC(c2ccc(F)cc2)Oc2ccc(O)cc21. The first-order valence-corrected chi connectivity index (χ1v) is 11.8. The molecule has 0 radical (unpaired) electrons. The largest absolute Gasteiger partial charge is 0.508 e. The topological polar surface area (TPSA) is 93.1 Å². The fraction of sp³-hybridized carbons (Fsp3) is 0.133. The van der Waals surface area contributed by atoms with Gasteiger partial charge >= 0.3 is 0 Å². The van der Waals surface area contributed by atoms with Crippen LogP contribution in [-0.4, -0.2) is 21.8 Å². The first-order valence-electron chi connectivity index (χ1n) is 11.8. The molecule has 0 aromatic heterocycles. The maximum atomic E-state index is 12.9. The lowest BCUT2D eigenvalue weighted by atomic mass is 9.96. The van der Waals surface area contributed by atoms with Crippen LogP contribution >= 0.6 is 0 Å². The number of benzene rings is 4. The van der Waals surface area contributed by atoms with Gasteiger partial charge in [-0.05, 0) is 71.8 Å². The number of halogens is 2. The molecule has 2 heterocycles. The highest BCUT2D eigenvalue weighted by Crippen LogP contribution is 2.37. The van der Waals surface area contributed by atoms with Gasteiger partial charge in [0.15, 0.2) is 11.6 Å². The Morgan fingerprint density at radius 2 is 0.947 bits per heavy atom. The molecule has 2 aliphatic heterocycles. The average molecular weight is 516 g/mol. The van der Waals surface area contributed by atoms with Gasteiger partial charge in [-0.15, -0.1) is 0 Å². The molecule has 2 unspecified atom stereocenters. The van der Waals surface area contributed by atoms with Crippen molar-refractivity contribution in [3.8, 4) is 23.0 Å². The van der Waals surface area contributed by atoms with E-state index in [1.165, 1.54) is 48.5 Å². The second-order valence-corrected chi connectivity index (χ2v) is 8.93. The fourth-order valence-electron chi connectivity index (χ4n) is 4.35. The molecule has 0 aliphatic carbocycles. The lowest BCUT2D eigenvalue weighted by Gasteiger charge is -2.25. The van der Waals surface area contributed by atoms with Crippen molar-refractivity contribution in [2.75, 3.05) is 0 Å². The van der Waals surface area contributed by atoms with Gasteiger partial charge in [0.25, 0.3) is 0 Å². The number of rotatable bonds is 2. The summed E-state index contributed by atoms with van der Waals surface area (Å²) in [4.78, 5) is 24.0. The van der Waals surface area contributed by atoms with Crippen molar-refractivity contribution in [1.29, 1.82) is 0 Å². The molecular formula is C30H22F2O6. The van der Waals surface area contributed by atoms with Gasteiger partial charge in [0, 0.05) is 0 Å². The zero-order valence-corrected chi connectivity index (χ0v) is 19.9. The molecule has 192 valence electrons. The van der Waals surface area contributed by atoms with E-state index in [4.69, 9.17) is 9.47 Å². The number of ether oxygens (including phenoxy) is 2. The van der Waals surface area contributed by atoms with Crippen LogP contribution in [0.1, 0.15) is 56.9 Å². The Morgan fingerprint density at radius 1 is 0.579 bits per heavy atom. The van der Waals surface area contributed by atoms with Crippen LogP contribution in [0.15, 0.2) is 84.9 Å². The van der Waals surface area contributed by atoms with E-state index in [1.54, 1.807) is 36.4 Å². The number of hydrogen-bond acceptors (Lipinski definition) is 6. The van der Waals surface area contributed by atoms with Crippen molar-refractivity contribution in [3.63, 3.8) is 0 Å². The highest BCUT2D eigenvalue weighted by Gasteiger charge is 2.29. The molecule has 38 heavy (non-hydrogen) atoms. The quantitative estimate of drug-likeness (QED) is 0.317. The number of phenolic OH excluding ortho intramolecular Hbond substituents is 2. The van der Waals surface area contributed by atoms with Gasteiger partial charge < -0.3 is 19.7 Å². The van der Waals surface area contributed by atoms with Gasteiger partial charge in [0.1, 0.15) is 46.8 Å². The summed E-state index contributed by atoms with van der Waals surface area (Å²) >= 11 is 0. The molecule has 2 N–H and O–H groups in total. The van der Waals surface area contributed by atoms with Crippen molar-refractivity contribution in [2.45, 2.75) is 25.0 Å². The number of fused-ring (bicyclic) bond motifs is 2. The summed E-state index contributed by atoms with van der Waals surface area (Å²) < 4.78 is 37.2. The van der Waals surface area contributed by atoms with E-state index >= 15 is 0 Å². The minimum absolute atomic E-state index is 0.0379. The van der Waals surface area contributed by atoms with E-state index in [0.29, 0.717) is 22.6 Å². The molecule has 6 nitrogen and oxygen atoms in total. The second-order valence-electron chi connectivity index (χ2n) is 8.93. The highest BCUT2D eigenvalue weighted by molar-refractivity contribution is 6.01. The highest BCUT2D eigenvalue weighted by atomic mass is 19.1. The van der Waals surface area contributed by atoms with Gasteiger partial charge in [0.2, 0.25) is 0 Å². The van der Waals surface area contributed by atoms with Crippen LogP contribution in [0.3, 0.4) is 0 Å². The number of hydrogen-bond donors (Lipinski definition) is 2. The van der Waals surface area contributed by atoms with Crippen molar-refractivity contribution < 1.29 is 38.1 Å². The zero-order chi connectivity index (χ0) is 26.8. The molecule has 4 aromatic carbocycles. The van der Waals surface area contributed by atoms with E-state index in [-0.39, 0.29) is 47.5 Å². The molecule has 2 atom stereocenters. The van der Waals surface area contributed by atoms with Gasteiger partial charge in [-0.3, -0.25) is 9.59 Å². The third-order valence-electron chi connectivity index (χ3n) is 6.29. The summed E-state index contributed by atoms with van der Waals surface area (Å²) in [6.07, 6.45) is -0.459. The Bertz CT molecular complexity index is 1380. The van der Waals surface area contributed by atoms with Crippen molar-refractivity contribution in [1.82, 2.24) is 0 Å². The molecule has 8 heteroatoms. The molecule has 4 aromatic rings. The third-order valence-corrected chi connectivity index (χ3v) is 6.29. The number of carbonyl (C=O) groups excluding carboxylic acids is 2. The standard InChI is InChI=1S/2C15H11FO3/c2*16-10-3-1-9(2-4-10)15-8-13(18)12-7-11(17)5-6-14(12)19-15/h2*1-7,15,17H,8H2. The Balaban J connectivity index is 0.000000155. The van der Waals surface area contributed by atoms with Crippen molar-refractivity contribution in [3.05, 3.63) is 119 Å². The lowest BCUT2D eigenvalue weighted by molar-refractivity contribution is 0.0840. The summed E-state index contributed by atoms with van der Waals surface area (Å²) in [6.45, 7) is 0. The normalized spacial score (nSPS) is 17.7. The average Bonchev–Trinajstić information content (AvgIpc) is 2.90.